The summed E-state index contributed by atoms with van der Waals surface area (Å²) in [7, 11) is -3.49. The molecule has 0 saturated carbocycles. The predicted molar refractivity (Wildman–Crippen MR) is 111 cm³/mol. The summed E-state index contributed by atoms with van der Waals surface area (Å²) in [5.41, 5.74) is 2.31. The second kappa shape index (κ2) is 7.39. The van der Waals surface area contributed by atoms with Gasteiger partial charge >= 0.3 is 0 Å². The first kappa shape index (κ1) is 18.7. The van der Waals surface area contributed by atoms with Crippen LogP contribution in [0.1, 0.15) is 12.5 Å². The summed E-state index contributed by atoms with van der Waals surface area (Å²) >= 11 is 7.54. The summed E-state index contributed by atoms with van der Waals surface area (Å²) in [6.07, 6.45) is 1.00. The Morgan fingerprint density at radius 3 is 2.44 bits per heavy atom. The summed E-state index contributed by atoms with van der Waals surface area (Å²) in [6.45, 7) is 4.30. The SMILES string of the molecule is CCc1ccc2nc(N3CCN(S(=O)(=O)c4ccc(Cl)cc4)CC3)sc2c1. The van der Waals surface area contributed by atoms with Gasteiger partial charge in [-0.3, -0.25) is 0 Å². The Hall–Kier alpha value is -1.67. The minimum atomic E-state index is -3.49. The van der Waals surface area contributed by atoms with Gasteiger partial charge < -0.3 is 4.90 Å². The van der Waals surface area contributed by atoms with Crippen LogP contribution in [0.3, 0.4) is 0 Å². The molecule has 5 nitrogen and oxygen atoms in total. The maximum Gasteiger partial charge on any atom is 0.243 e. The molecule has 4 rings (SSSR count). The minimum Gasteiger partial charge on any atom is -0.345 e. The van der Waals surface area contributed by atoms with Crippen molar-refractivity contribution in [2.75, 3.05) is 31.1 Å². The molecule has 2 aromatic carbocycles. The van der Waals surface area contributed by atoms with Crippen LogP contribution in [0.15, 0.2) is 47.4 Å². The molecule has 0 radical (unpaired) electrons. The zero-order valence-electron chi connectivity index (χ0n) is 14.9. The molecule has 0 aliphatic carbocycles. The number of hydrogen-bond acceptors (Lipinski definition) is 5. The molecule has 1 fully saturated rings. The van der Waals surface area contributed by atoms with E-state index in [-0.39, 0.29) is 4.90 Å². The van der Waals surface area contributed by atoms with Crippen LogP contribution in [0.2, 0.25) is 5.02 Å². The normalized spacial score (nSPS) is 16.1. The third kappa shape index (κ3) is 3.69. The lowest BCUT2D eigenvalue weighted by Gasteiger charge is -2.33. The van der Waals surface area contributed by atoms with Crippen molar-refractivity contribution in [2.24, 2.45) is 0 Å². The molecule has 142 valence electrons. The Balaban J connectivity index is 1.49. The summed E-state index contributed by atoms with van der Waals surface area (Å²) in [4.78, 5) is 7.18. The van der Waals surface area contributed by atoms with E-state index in [9.17, 15) is 8.42 Å². The van der Waals surface area contributed by atoms with E-state index in [1.54, 1.807) is 35.6 Å². The van der Waals surface area contributed by atoms with Crippen LogP contribution in [0.5, 0.6) is 0 Å². The van der Waals surface area contributed by atoms with Crippen molar-refractivity contribution < 1.29 is 8.42 Å². The highest BCUT2D eigenvalue weighted by atomic mass is 35.5. The summed E-state index contributed by atoms with van der Waals surface area (Å²) in [5, 5.41) is 1.49. The first-order valence-corrected chi connectivity index (χ1v) is 11.5. The van der Waals surface area contributed by atoms with Gasteiger partial charge in [-0.25, -0.2) is 13.4 Å². The van der Waals surface area contributed by atoms with Crippen molar-refractivity contribution in [1.29, 1.82) is 0 Å². The van der Waals surface area contributed by atoms with Crippen molar-refractivity contribution >= 4 is 48.3 Å². The molecule has 1 aromatic heterocycles. The smallest absolute Gasteiger partial charge is 0.243 e. The van der Waals surface area contributed by atoms with Gasteiger partial charge in [0, 0.05) is 31.2 Å². The van der Waals surface area contributed by atoms with Crippen LogP contribution in [0.4, 0.5) is 5.13 Å². The predicted octanol–water partition coefficient (Wildman–Crippen LogP) is 4.02. The number of anilines is 1. The van der Waals surface area contributed by atoms with Gasteiger partial charge in [0.2, 0.25) is 10.0 Å². The second-order valence-electron chi connectivity index (χ2n) is 6.50. The maximum absolute atomic E-state index is 12.8. The standard InChI is InChI=1S/C19H20ClN3O2S2/c1-2-14-3-8-17-18(13-14)26-19(21-17)22-9-11-23(12-10-22)27(24,25)16-6-4-15(20)5-7-16/h3-8,13H,2,9-12H2,1H3. The van der Waals surface area contributed by atoms with Gasteiger partial charge in [0.25, 0.3) is 0 Å². The number of rotatable bonds is 4. The van der Waals surface area contributed by atoms with E-state index in [2.05, 4.69) is 30.0 Å². The number of aryl methyl sites for hydroxylation is 1. The minimum absolute atomic E-state index is 0.285. The topological polar surface area (TPSA) is 53.5 Å². The number of aromatic nitrogens is 1. The molecule has 0 atom stereocenters. The number of nitrogens with zero attached hydrogens (tertiary/aromatic N) is 3. The molecule has 0 amide bonds. The third-order valence-corrected chi connectivity index (χ3v) is 8.05. The average Bonchev–Trinajstić information content (AvgIpc) is 3.11. The van der Waals surface area contributed by atoms with E-state index >= 15 is 0 Å². The Labute approximate surface area is 168 Å². The van der Waals surface area contributed by atoms with Gasteiger partial charge in [0.05, 0.1) is 15.1 Å². The Bertz CT molecular complexity index is 1060. The van der Waals surface area contributed by atoms with Crippen LogP contribution >= 0.6 is 22.9 Å². The molecule has 27 heavy (non-hydrogen) atoms. The first-order valence-electron chi connectivity index (χ1n) is 8.87. The lowest BCUT2D eigenvalue weighted by atomic mass is 10.2. The average molecular weight is 422 g/mol. The molecular weight excluding hydrogens is 402 g/mol. The maximum atomic E-state index is 12.8. The largest absolute Gasteiger partial charge is 0.345 e. The van der Waals surface area contributed by atoms with E-state index in [4.69, 9.17) is 16.6 Å². The van der Waals surface area contributed by atoms with Gasteiger partial charge in [-0.2, -0.15) is 4.31 Å². The summed E-state index contributed by atoms with van der Waals surface area (Å²) in [6, 6.07) is 12.7. The molecule has 2 heterocycles. The molecule has 1 saturated heterocycles. The van der Waals surface area contributed by atoms with E-state index in [0.717, 1.165) is 17.1 Å². The van der Waals surface area contributed by atoms with Crippen molar-refractivity contribution in [3.8, 4) is 0 Å². The summed E-state index contributed by atoms with van der Waals surface area (Å²) < 4.78 is 28.3. The fourth-order valence-corrected chi connectivity index (χ4v) is 5.82. The molecule has 0 N–H and O–H groups in total. The number of benzene rings is 2. The fraction of sp³-hybridized carbons (Fsp3) is 0.316. The quantitative estimate of drug-likeness (QED) is 0.638. The van der Waals surface area contributed by atoms with Crippen LogP contribution in [-0.2, 0) is 16.4 Å². The monoisotopic (exact) mass is 421 g/mol. The van der Waals surface area contributed by atoms with Crippen LogP contribution in [0.25, 0.3) is 10.2 Å². The molecule has 1 aliphatic rings. The molecule has 1 aliphatic heterocycles. The van der Waals surface area contributed by atoms with Gasteiger partial charge in [-0.1, -0.05) is 35.9 Å². The zero-order valence-corrected chi connectivity index (χ0v) is 17.3. The van der Waals surface area contributed by atoms with E-state index in [1.165, 1.54) is 14.6 Å². The van der Waals surface area contributed by atoms with E-state index < -0.39 is 10.0 Å². The molecule has 0 spiro atoms. The number of sulfonamides is 1. The number of piperazine rings is 1. The lowest BCUT2D eigenvalue weighted by Crippen LogP contribution is -2.48. The summed E-state index contributed by atoms with van der Waals surface area (Å²) in [5.74, 6) is 0. The van der Waals surface area contributed by atoms with E-state index in [1.807, 2.05) is 0 Å². The molecular formula is C19H20ClN3O2S2. The van der Waals surface area contributed by atoms with Gasteiger partial charge in [0.1, 0.15) is 0 Å². The van der Waals surface area contributed by atoms with Gasteiger partial charge in [0.15, 0.2) is 5.13 Å². The van der Waals surface area contributed by atoms with Gasteiger partial charge in [-0.15, -0.1) is 0 Å². The molecule has 8 heteroatoms. The highest BCUT2D eigenvalue weighted by Gasteiger charge is 2.29. The van der Waals surface area contributed by atoms with Crippen molar-refractivity contribution in [1.82, 2.24) is 9.29 Å². The Morgan fingerprint density at radius 2 is 1.78 bits per heavy atom. The van der Waals surface area contributed by atoms with E-state index in [0.29, 0.717) is 31.2 Å². The van der Waals surface area contributed by atoms with Crippen LogP contribution < -0.4 is 4.90 Å². The van der Waals surface area contributed by atoms with Crippen LogP contribution in [0, 0.1) is 0 Å². The number of fused-ring (bicyclic) bond motifs is 1. The second-order valence-corrected chi connectivity index (χ2v) is 9.88. The Morgan fingerprint density at radius 1 is 1.07 bits per heavy atom. The third-order valence-electron chi connectivity index (χ3n) is 4.81. The van der Waals surface area contributed by atoms with Crippen molar-refractivity contribution in [2.45, 2.75) is 18.2 Å². The van der Waals surface area contributed by atoms with Gasteiger partial charge in [-0.05, 0) is 48.4 Å². The number of halogens is 1. The lowest BCUT2D eigenvalue weighted by molar-refractivity contribution is 0.385. The molecule has 3 aromatic rings. The van der Waals surface area contributed by atoms with Crippen LogP contribution in [-0.4, -0.2) is 43.9 Å². The zero-order chi connectivity index (χ0) is 19.0. The van der Waals surface area contributed by atoms with Crippen molar-refractivity contribution in [3.63, 3.8) is 0 Å². The molecule has 0 unspecified atom stereocenters. The highest BCUT2D eigenvalue weighted by Crippen LogP contribution is 2.31. The fourth-order valence-electron chi connectivity index (χ4n) is 3.19. The molecule has 0 bridgehead atoms. The highest BCUT2D eigenvalue weighted by molar-refractivity contribution is 7.89. The Kier molecular flexibility index (Phi) is 5.11. The first-order chi connectivity index (χ1) is 13.0. The number of thiazole rings is 1. The number of hydrogen-bond donors (Lipinski definition) is 0. The van der Waals surface area contributed by atoms with Crippen molar-refractivity contribution in [3.05, 3.63) is 53.1 Å².